The van der Waals surface area contributed by atoms with Crippen LogP contribution in [0, 0.1) is 11.6 Å². The quantitative estimate of drug-likeness (QED) is 0.842. The Balaban J connectivity index is 2.52. The van der Waals surface area contributed by atoms with E-state index in [-0.39, 0.29) is 12.1 Å². The Morgan fingerprint density at radius 1 is 1.25 bits per heavy atom. The molecule has 0 aromatic heterocycles. The molecular weight excluding hydrogens is 212 g/mol. The smallest absolute Gasteiger partial charge is 0.159 e. The average molecular weight is 229 g/mol. The number of benzene rings is 1. The van der Waals surface area contributed by atoms with E-state index in [1.54, 1.807) is 0 Å². The van der Waals surface area contributed by atoms with Crippen molar-refractivity contribution in [2.24, 2.45) is 5.73 Å². The van der Waals surface area contributed by atoms with Crippen molar-refractivity contribution in [2.75, 3.05) is 6.61 Å². The van der Waals surface area contributed by atoms with Gasteiger partial charge in [0.1, 0.15) is 0 Å². The van der Waals surface area contributed by atoms with Gasteiger partial charge in [-0.25, -0.2) is 8.78 Å². The minimum absolute atomic E-state index is 0.150. The molecule has 1 aromatic rings. The van der Waals surface area contributed by atoms with Gasteiger partial charge in [-0.2, -0.15) is 0 Å². The van der Waals surface area contributed by atoms with E-state index in [1.807, 2.05) is 13.8 Å². The first-order chi connectivity index (χ1) is 7.50. The summed E-state index contributed by atoms with van der Waals surface area (Å²) in [6, 6.07) is 3.40. The fraction of sp³-hybridized carbons (Fsp3) is 0.500. The molecule has 0 saturated heterocycles. The zero-order valence-electron chi connectivity index (χ0n) is 9.54. The van der Waals surface area contributed by atoms with Gasteiger partial charge in [-0.15, -0.1) is 0 Å². The topological polar surface area (TPSA) is 35.2 Å². The lowest BCUT2D eigenvalue weighted by Gasteiger charge is -2.13. The molecule has 0 aliphatic rings. The van der Waals surface area contributed by atoms with Gasteiger partial charge in [0.15, 0.2) is 11.6 Å². The van der Waals surface area contributed by atoms with E-state index < -0.39 is 11.6 Å². The van der Waals surface area contributed by atoms with Crippen LogP contribution in [0.5, 0.6) is 0 Å². The van der Waals surface area contributed by atoms with Crippen molar-refractivity contribution in [1.82, 2.24) is 0 Å². The molecule has 0 heterocycles. The molecule has 2 N–H and O–H groups in total. The molecule has 0 amide bonds. The Bertz CT molecular complexity index is 342. The van der Waals surface area contributed by atoms with Crippen LogP contribution in [0.1, 0.15) is 31.9 Å². The van der Waals surface area contributed by atoms with E-state index in [2.05, 4.69) is 0 Å². The van der Waals surface area contributed by atoms with Crippen molar-refractivity contribution in [1.29, 1.82) is 0 Å². The fourth-order valence-electron chi connectivity index (χ4n) is 1.34. The predicted octanol–water partition coefficient (Wildman–Crippen LogP) is 2.78. The van der Waals surface area contributed by atoms with Crippen LogP contribution in [0.2, 0.25) is 0 Å². The van der Waals surface area contributed by atoms with E-state index in [0.717, 1.165) is 12.1 Å². The lowest BCUT2D eigenvalue weighted by Crippen LogP contribution is -2.15. The molecule has 1 rings (SSSR count). The first-order valence-corrected chi connectivity index (χ1v) is 5.33. The maximum absolute atomic E-state index is 12.9. The average Bonchev–Trinajstić information content (AvgIpc) is 2.21. The molecule has 0 aliphatic carbocycles. The van der Waals surface area contributed by atoms with Crippen molar-refractivity contribution in [2.45, 2.75) is 32.4 Å². The Labute approximate surface area is 94.4 Å². The van der Waals surface area contributed by atoms with Gasteiger partial charge in [-0.3, -0.25) is 0 Å². The zero-order chi connectivity index (χ0) is 12.1. The van der Waals surface area contributed by atoms with Crippen LogP contribution in [0.25, 0.3) is 0 Å². The van der Waals surface area contributed by atoms with Crippen LogP contribution in [0.4, 0.5) is 8.78 Å². The van der Waals surface area contributed by atoms with E-state index in [9.17, 15) is 8.78 Å². The second-order valence-electron chi connectivity index (χ2n) is 3.99. The number of rotatable bonds is 5. The molecule has 16 heavy (non-hydrogen) atoms. The van der Waals surface area contributed by atoms with Crippen molar-refractivity contribution < 1.29 is 13.5 Å². The minimum atomic E-state index is -0.863. The van der Waals surface area contributed by atoms with Gasteiger partial charge in [0, 0.05) is 12.6 Å². The summed E-state index contributed by atoms with van der Waals surface area (Å²) in [5, 5.41) is 0. The van der Waals surface area contributed by atoms with Crippen molar-refractivity contribution in [3.63, 3.8) is 0 Å². The van der Waals surface area contributed by atoms with E-state index in [4.69, 9.17) is 10.5 Å². The van der Waals surface area contributed by atoms with Crippen molar-refractivity contribution in [3.05, 3.63) is 35.4 Å². The summed E-state index contributed by atoms with van der Waals surface area (Å²) >= 11 is 0. The molecule has 4 heteroatoms. The normalized spacial score (nSPS) is 13.1. The van der Waals surface area contributed by atoms with Crippen LogP contribution in [0.15, 0.2) is 18.2 Å². The molecule has 0 radical (unpaired) electrons. The predicted molar refractivity (Wildman–Crippen MR) is 59.0 cm³/mol. The minimum Gasteiger partial charge on any atom is -0.379 e. The zero-order valence-corrected chi connectivity index (χ0v) is 9.54. The number of nitrogens with two attached hydrogens (primary N) is 1. The molecular formula is C12H17F2NO. The maximum atomic E-state index is 12.9. The van der Waals surface area contributed by atoms with Crippen molar-refractivity contribution >= 4 is 0 Å². The summed E-state index contributed by atoms with van der Waals surface area (Å²) in [7, 11) is 0. The maximum Gasteiger partial charge on any atom is 0.159 e. The summed E-state index contributed by atoms with van der Waals surface area (Å²) in [5.74, 6) is -1.72. The van der Waals surface area contributed by atoms with E-state index in [0.29, 0.717) is 18.6 Å². The van der Waals surface area contributed by atoms with Gasteiger partial charge in [-0.1, -0.05) is 6.07 Å². The first kappa shape index (κ1) is 13.1. The Hall–Kier alpha value is -1.00. The van der Waals surface area contributed by atoms with Gasteiger partial charge in [0.05, 0.1) is 6.10 Å². The van der Waals surface area contributed by atoms with Crippen LogP contribution < -0.4 is 5.73 Å². The molecule has 2 nitrogen and oxygen atoms in total. The van der Waals surface area contributed by atoms with Crippen LogP contribution in [-0.2, 0) is 4.74 Å². The van der Waals surface area contributed by atoms with Gasteiger partial charge in [0.2, 0.25) is 0 Å². The molecule has 1 unspecified atom stereocenters. The molecule has 90 valence electrons. The lowest BCUT2D eigenvalue weighted by molar-refractivity contribution is 0.0736. The third-order valence-electron chi connectivity index (χ3n) is 2.25. The third kappa shape index (κ3) is 3.87. The number of halogens is 2. The molecule has 0 fully saturated rings. The summed E-state index contributed by atoms with van der Waals surface area (Å²) in [6.07, 6.45) is 0.737. The highest BCUT2D eigenvalue weighted by atomic mass is 19.2. The highest BCUT2D eigenvalue weighted by Crippen LogP contribution is 2.17. The largest absolute Gasteiger partial charge is 0.379 e. The van der Waals surface area contributed by atoms with Gasteiger partial charge in [0.25, 0.3) is 0 Å². The molecule has 1 atom stereocenters. The fourth-order valence-corrected chi connectivity index (χ4v) is 1.34. The summed E-state index contributed by atoms with van der Waals surface area (Å²) in [4.78, 5) is 0. The summed E-state index contributed by atoms with van der Waals surface area (Å²) in [6.45, 7) is 4.38. The molecule has 0 saturated carbocycles. The summed E-state index contributed by atoms with van der Waals surface area (Å²) < 4.78 is 30.9. The SMILES string of the molecule is CC(C)OCCC(N)c1ccc(F)c(F)c1. The summed E-state index contributed by atoms with van der Waals surface area (Å²) in [5.41, 5.74) is 6.42. The second-order valence-corrected chi connectivity index (χ2v) is 3.99. The second kappa shape index (κ2) is 5.92. The Kier molecular flexibility index (Phi) is 4.83. The van der Waals surface area contributed by atoms with Crippen LogP contribution >= 0.6 is 0 Å². The van der Waals surface area contributed by atoms with Crippen LogP contribution in [0.3, 0.4) is 0 Å². The van der Waals surface area contributed by atoms with E-state index >= 15 is 0 Å². The Morgan fingerprint density at radius 3 is 2.50 bits per heavy atom. The first-order valence-electron chi connectivity index (χ1n) is 5.33. The van der Waals surface area contributed by atoms with Crippen LogP contribution in [-0.4, -0.2) is 12.7 Å². The number of ether oxygens (including phenoxy) is 1. The van der Waals surface area contributed by atoms with Gasteiger partial charge >= 0.3 is 0 Å². The van der Waals surface area contributed by atoms with Gasteiger partial charge < -0.3 is 10.5 Å². The van der Waals surface area contributed by atoms with Gasteiger partial charge in [-0.05, 0) is 38.0 Å². The standard InChI is InChI=1S/C12H17F2NO/c1-8(2)16-6-5-12(15)9-3-4-10(13)11(14)7-9/h3-4,7-8,12H,5-6,15H2,1-2H3. The lowest BCUT2D eigenvalue weighted by atomic mass is 10.1. The number of hydrogen-bond donors (Lipinski definition) is 1. The van der Waals surface area contributed by atoms with Crippen molar-refractivity contribution in [3.8, 4) is 0 Å². The van der Waals surface area contributed by atoms with E-state index in [1.165, 1.54) is 6.07 Å². The number of hydrogen-bond acceptors (Lipinski definition) is 2. The Morgan fingerprint density at radius 2 is 1.94 bits per heavy atom. The molecule has 0 bridgehead atoms. The monoisotopic (exact) mass is 229 g/mol. The molecule has 0 spiro atoms. The molecule has 0 aliphatic heterocycles. The molecule has 1 aromatic carbocycles. The third-order valence-corrected chi connectivity index (χ3v) is 2.25. The highest BCUT2D eigenvalue weighted by molar-refractivity contribution is 5.20. The highest BCUT2D eigenvalue weighted by Gasteiger charge is 2.09.